The summed E-state index contributed by atoms with van der Waals surface area (Å²) in [6, 6.07) is 10.2. The Kier molecular flexibility index (Phi) is 7.91. The monoisotopic (exact) mass is 535 g/mol. The summed E-state index contributed by atoms with van der Waals surface area (Å²) < 4.78 is 54.5. The van der Waals surface area contributed by atoms with Gasteiger partial charge in [-0.1, -0.05) is 6.07 Å². The number of rotatable bonds is 3. The standard InChI is InChI=1S/C24H23NO6.C2HF3O2/c1-14-22(15-5-8-19-21(12-15)29-11-3-10-28-19)23(26)17-7-6-16(13-20(17)30-14)31-24(27)18-4-2-9-25-18;3-2(4,5)1(6)7/h5-8,12-13,18,25H,2-4,9-11H2,1H3;(H,6,7)/t18-;/m0./s1. The lowest BCUT2D eigenvalue weighted by Crippen LogP contribution is -2.88. The van der Waals surface area contributed by atoms with E-state index in [0.717, 1.165) is 25.8 Å². The number of carbonyl (C=O) groups excluding carboxylic acids is 2. The van der Waals surface area contributed by atoms with Crippen molar-refractivity contribution in [1.82, 2.24) is 0 Å². The van der Waals surface area contributed by atoms with Gasteiger partial charge in [-0.05, 0) is 36.8 Å². The van der Waals surface area contributed by atoms with Crippen LogP contribution in [0.25, 0.3) is 22.1 Å². The van der Waals surface area contributed by atoms with Crippen molar-refractivity contribution >= 4 is 22.9 Å². The topological polar surface area (TPSA) is 132 Å². The average Bonchev–Trinajstić information content (AvgIpc) is 3.30. The van der Waals surface area contributed by atoms with Gasteiger partial charge in [-0.15, -0.1) is 0 Å². The van der Waals surface area contributed by atoms with Gasteiger partial charge < -0.3 is 33.8 Å². The van der Waals surface area contributed by atoms with Crippen LogP contribution in [0.4, 0.5) is 13.2 Å². The number of esters is 1. The summed E-state index contributed by atoms with van der Waals surface area (Å²) in [6.45, 7) is 3.87. The normalized spacial score (nSPS) is 16.8. The Morgan fingerprint density at radius 3 is 2.42 bits per heavy atom. The van der Waals surface area contributed by atoms with E-state index in [-0.39, 0.29) is 17.4 Å². The number of hydrogen-bond acceptors (Lipinski definition) is 8. The van der Waals surface area contributed by atoms with E-state index < -0.39 is 12.1 Å². The van der Waals surface area contributed by atoms with E-state index in [2.05, 4.69) is 0 Å². The Morgan fingerprint density at radius 2 is 1.76 bits per heavy atom. The van der Waals surface area contributed by atoms with Crippen molar-refractivity contribution in [3.05, 3.63) is 52.4 Å². The van der Waals surface area contributed by atoms with Gasteiger partial charge in [0.05, 0.1) is 30.7 Å². The molecule has 2 aliphatic heterocycles. The number of carboxylic acids is 1. The fraction of sp³-hybridized carbons (Fsp3) is 0.346. The molecule has 3 aromatic rings. The number of alkyl halides is 3. The maximum atomic E-state index is 13.3. The highest BCUT2D eigenvalue weighted by Crippen LogP contribution is 2.35. The summed E-state index contributed by atoms with van der Waals surface area (Å²) in [5.41, 5.74) is 1.44. The predicted octanol–water partition coefficient (Wildman–Crippen LogP) is 1.86. The second kappa shape index (κ2) is 11.1. The second-order valence-corrected chi connectivity index (χ2v) is 8.71. The highest BCUT2D eigenvalue weighted by molar-refractivity contribution is 5.85. The quantitative estimate of drug-likeness (QED) is 0.397. The molecular formula is C26H24F3NO8. The van der Waals surface area contributed by atoms with E-state index in [4.69, 9.17) is 28.5 Å². The molecule has 1 aromatic heterocycles. The first kappa shape index (κ1) is 27.0. The molecule has 1 atom stereocenters. The molecule has 5 rings (SSSR count). The van der Waals surface area contributed by atoms with Gasteiger partial charge in [0.1, 0.15) is 23.1 Å². The number of carbonyl (C=O) groups is 2. The lowest BCUT2D eigenvalue weighted by molar-refractivity contribution is -0.658. The Balaban J connectivity index is 0.000000426. The van der Waals surface area contributed by atoms with Gasteiger partial charge >= 0.3 is 12.1 Å². The number of benzene rings is 2. The van der Waals surface area contributed by atoms with Gasteiger partial charge in [0, 0.05) is 25.3 Å². The van der Waals surface area contributed by atoms with E-state index in [1.807, 2.05) is 23.5 Å². The zero-order chi connectivity index (χ0) is 27.4. The summed E-state index contributed by atoms with van der Waals surface area (Å²) >= 11 is 0. The number of aliphatic carboxylic acids is 1. The molecular weight excluding hydrogens is 511 g/mol. The number of fused-ring (bicyclic) bond motifs is 2. The number of quaternary nitrogens is 1. The Hall–Kier alpha value is -4.06. The van der Waals surface area contributed by atoms with E-state index >= 15 is 0 Å². The third kappa shape index (κ3) is 6.08. The minimum atomic E-state index is -5.19. The van der Waals surface area contributed by atoms with E-state index in [9.17, 15) is 22.8 Å². The fourth-order valence-corrected chi connectivity index (χ4v) is 4.18. The zero-order valence-corrected chi connectivity index (χ0v) is 20.3. The van der Waals surface area contributed by atoms with Gasteiger partial charge in [0.25, 0.3) is 0 Å². The SMILES string of the molecule is Cc1oc2cc(OC(=O)[C@@H]3CCC[NH2+]3)ccc2c(=O)c1-c1ccc2c(c1)OCCCO2.O=C([O-])C(F)(F)F. The van der Waals surface area contributed by atoms with Crippen LogP contribution in [0.15, 0.2) is 45.6 Å². The molecule has 0 saturated carbocycles. The molecule has 0 bridgehead atoms. The fourth-order valence-electron chi connectivity index (χ4n) is 4.18. The summed E-state index contributed by atoms with van der Waals surface area (Å²) in [4.78, 5) is 34.4. The van der Waals surface area contributed by atoms with Crippen LogP contribution in [0.1, 0.15) is 25.0 Å². The van der Waals surface area contributed by atoms with Gasteiger partial charge in [0.15, 0.2) is 17.5 Å². The molecule has 9 nitrogen and oxygen atoms in total. The average molecular weight is 535 g/mol. The van der Waals surface area contributed by atoms with Gasteiger partial charge in [-0.2, -0.15) is 13.2 Å². The zero-order valence-electron chi connectivity index (χ0n) is 20.3. The molecule has 1 fully saturated rings. The third-order valence-electron chi connectivity index (χ3n) is 6.00. The number of aryl methyl sites for hydroxylation is 1. The molecule has 38 heavy (non-hydrogen) atoms. The number of hydrogen-bond donors (Lipinski definition) is 1. The molecule has 2 aliphatic rings. The van der Waals surface area contributed by atoms with Gasteiger partial charge in [-0.25, -0.2) is 4.79 Å². The number of halogens is 3. The largest absolute Gasteiger partial charge is 0.542 e. The smallest absolute Gasteiger partial charge is 0.430 e. The van der Waals surface area contributed by atoms with Crippen LogP contribution in [-0.2, 0) is 9.59 Å². The molecule has 0 amide bonds. The Bertz CT molecular complexity index is 1410. The first-order valence-electron chi connectivity index (χ1n) is 11.9. The molecule has 0 aliphatic carbocycles. The maximum absolute atomic E-state index is 13.3. The third-order valence-corrected chi connectivity index (χ3v) is 6.00. The van der Waals surface area contributed by atoms with Crippen molar-refractivity contribution in [2.75, 3.05) is 19.8 Å². The number of carboxylic acid groups (broad SMARTS) is 1. The van der Waals surface area contributed by atoms with Crippen molar-refractivity contribution in [2.45, 2.75) is 38.4 Å². The van der Waals surface area contributed by atoms with E-state index in [0.29, 0.717) is 58.3 Å². The van der Waals surface area contributed by atoms with Crippen LogP contribution in [0, 0.1) is 6.92 Å². The lowest BCUT2D eigenvalue weighted by Gasteiger charge is -2.12. The highest BCUT2D eigenvalue weighted by Gasteiger charge is 2.29. The molecule has 0 spiro atoms. The van der Waals surface area contributed by atoms with Gasteiger partial charge in [0.2, 0.25) is 5.43 Å². The van der Waals surface area contributed by atoms with Crippen LogP contribution < -0.4 is 30.1 Å². The number of nitrogens with two attached hydrogens (primary N) is 1. The molecule has 0 unspecified atom stereocenters. The summed E-state index contributed by atoms with van der Waals surface area (Å²) in [7, 11) is 0. The molecule has 2 aromatic carbocycles. The van der Waals surface area contributed by atoms with E-state index in [1.54, 1.807) is 25.1 Å². The van der Waals surface area contributed by atoms with Crippen LogP contribution in [0.2, 0.25) is 0 Å². The minimum absolute atomic E-state index is 0.143. The summed E-state index contributed by atoms with van der Waals surface area (Å²) in [5.74, 6) is -1.11. The van der Waals surface area contributed by atoms with Crippen LogP contribution in [0.5, 0.6) is 17.2 Å². The first-order valence-corrected chi connectivity index (χ1v) is 11.9. The minimum Gasteiger partial charge on any atom is -0.542 e. The predicted molar refractivity (Wildman–Crippen MR) is 125 cm³/mol. The Morgan fingerprint density at radius 1 is 1.05 bits per heavy atom. The highest BCUT2D eigenvalue weighted by atomic mass is 19.4. The lowest BCUT2D eigenvalue weighted by atomic mass is 10.0. The van der Waals surface area contributed by atoms with Crippen molar-refractivity contribution < 1.29 is 51.8 Å². The van der Waals surface area contributed by atoms with Gasteiger partial charge in [-0.3, -0.25) is 4.79 Å². The number of ether oxygens (including phenoxy) is 3. The van der Waals surface area contributed by atoms with Crippen LogP contribution in [-0.4, -0.2) is 43.9 Å². The van der Waals surface area contributed by atoms with Crippen LogP contribution >= 0.6 is 0 Å². The molecule has 12 heteroatoms. The molecule has 0 radical (unpaired) electrons. The van der Waals surface area contributed by atoms with Crippen molar-refractivity contribution in [2.24, 2.45) is 0 Å². The van der Waals surface area contributed by atoms with Crippen molar-refractivity contribution in [1.29, 1.82) is 0 Å². The maximum Gasteiger partial charge on any atom is 0.430 e. The van der Waals surface area contributed by atoms with E-state index in [1.165, 1.54) is 0 Å². The van der Waals surface area contributed by atoms with Crippen LogP contribution in [0.3, 0.4) is 0 Å². The van der Waals surface area contributed by atoms with Crippen molar-refractivity contribution in [3.8, 4) is 28.4 Å². The molecule has 2 N–H and O–H groups in total. The summed E-state index contributed by atoms with van der Waals surface area (Å²) in [6.07, 6.45) is -2.56. The second-order valence-electron chi connectivity index (χ2n) is 8.71. The first-order chi connectivity index (χ1) is 18.0. The molecule has 202 valence electrons. The van der Waals surface area contributed by atoms with Crippen molar-refractivity contribution in [3.63, 3.8) is 0 Å². The molecule has 1 saturated heterocycles. The summed E-state index contributed by atoms with van der Waals surface area (Å²) in [5, 5.41) is 11.2. The Labute approximate surface area is 214 Å². The molecule has 3 heterocycles.